The molecule has 0 bridgehead atoms. The van der Waals surface area contributed by atoms with E-state index in [1.807, 2.05) is 6.92 Å². The van der Waals surface area contributed by atoms with Gasteiger partial charge in [-0.05, 0) is 42.3 Å². The summed E-state index contributed by atoms with van der Waals surface area (Å²) in [5, 5.41) is 35.1. The fourth-order valence-corrected chi connectivity index (χ4v) is 7.63. The number of hydrogen-bond acceptors (Lipinski definition) is 10. The van der Waals surface area contributed by atoms with Crippen molar-refractivity contribution >= 4 is 69.8 Å². The van der Waals surface area contributed by atoms with Crippen LogP contribution in [0.5, 0.6) is 5.75 Å². The van der Waals surface area contributed by atoms with Gasteiger partial charge in [0.1, 0.15) is 33.9 Å². The number of hydrogen-bond donors (Lipinski definition) is 6. The molecular formula is C27H23ClN8O6S2. The van der Waals surface area contributed by atoms with E-state index in [2.05, 4.69) is 36.0 Å². The Bertz CT molecular complexity index is 1800. The van der Waals surface area contributed by atoms with E-state index < -0.39 is 41.1 Å². The van der Waals surface area contributed by atoms with Crippen molar-refractivity contribution in [1.82, 2.24) is 40.9 Å². The molecule has 2 aliphatic heterocycles. The van der Waals surface area contributed by atoms with Gasteiger partial charge in [-0.15, -0.1) is 16.9 Å². The van der Waals surface area contributed by atoms with E-state index in [1.165, 1.54) is 52.8 Å². The summed E-state index contributed by atoms with van der Waals surface area (Å²) >= 11 is 8.73. The molecule has 3 unspecified atom stereocenters. The van der Waals surface area contributed by atoms with E-state index in [4.69, 9.17) is 11.6 Å². The van der Waals surface area contributed by atoms with Crippen molar-refractivity contribution in [3.05, 3.63) is 76.3 Å². The van der Waals surface area contributed by atoms with Gasteiger partial charge >= 0.3 is 5.97 Å². The van der Waals surface area contributed by atoms with E-state index in [0.717, 1.165) is 0 Å². The van der Waals surface area contributed by atoms with Gasteiger partial charge in [0, 0.05) is 11.0 Å². The average Bonchev–Trinajstić information content (AvgIpc) is 3.69. The number of aromatic amines is 2. The Morgan fingerprint density at radius 2 is 2.02 bits per heavy atom. The van der Waals surface area contributed by atoms with Gasteiger partial charge in [0.15, 0.2) is 5.82 Å². The van der Waals surface area contributed by atoms with E-state index >= 15 is 0 Å². The predicted octanol–water partition coefficient (Wildman–Crippen LogP) is 2.43. The van der Waals surface area contributed by atoms with Crippen LogP contribution < -0.4 is 10.6 Å². The minimum absolute atomic E-state index is 0.0380. The zero-order valence-corrected chi connectivity index (χ0v) is 25.0. The number of carboxylic acids is 1. The molecule has 4 heterocycles. The molecule has 1 saturated heterocycles. The molecule has 6 rings (SSSR count). The number of β-lactam (4-membered cyclic amide) rings is 1. The first-order valence-electron chi connectivity index (χ1n) is 13.1. The number of carboxylic acid groups (broad SMARTS) is 1. The molecule has 4 atom stereocenters. The number of carbonyl (C=O) groups excluding carboxylic acids is 3. The number of rotatable bonds is 9. The Labute approximate surface area is 262 Å². The summed E-state index contributed by atoms with van der Waals surface area (Å²) in [4.78, 5) is 60.9. The molecular weight excluding hydrogens is 632 g/mol. The Balaban J connectivity index is 1.23. The van der Waals surface area contributed by atoms with E-state index in [-0.39, 0.29) is 33.1 Å². The van der Waals surface area contributed by atoms with Gasteiger partial charge in [0.2, 0.25) is 5.91 Å². The zero-order valence-electron chi connectivity index (χ0n) is 22.6. The SMILES string of the molecule is CC(Sc1cn[nH]n1)C1=C(C(=O)O)N2C(=O)C(NC(=O)C(NC(=O)c3nc4ccccc4[nH]3)c3ccc(O)c(Cl)c3)[C@@H]2SC1. The number of phenols is 1. The number of aromatic nitrogens is 5. The first kappa shape index (κ1) is 29.5. The highest BCUT2D eigenvalue weighted by molar-refractivity contribution is 8.01. The van der Waals surface area contributed by atoms with Gasteiger partial charge < -0.3 is 25.8 Å². The van der Waals surface area contributed by atoms with Crippen molar-refractivity contribution in [1.29, 1.82) is 0 Å². The third-order valence-electron chi connectivity index (χ3n) is 7.13. The summed E-state index contributed by atoms with van der Waals surface area (Å²) in [5.41, 5.74) is 1.82. The Morgan fingerprint density at radius 3 is 2.73 bits per heavy atom. The van der Waals surface area contributed by atoms with Crippen molar-refractivity contribution in [2.45, 2.75) is 34.7 Å². The number of halogens is 1. The van der Waals surface area contributed by atoms with Crippen molar-refractivity contribution in [2.75, 3.05) is 5.75 Å². The first-order valence-corrected chi connectivity index (χ1v) is 15.4. The number of fused-ring (bicyclic) bond motifs is 2. The number of imidazole rings is 1. The Kier molecular flexibility index (Phi) is 7.96. The van der Waals surface area contributed by atoms with Crippen LogP contribution in [0.4, 0.5) is 0 Å². The normalized spacial score (nSPS) is 19.2. The molecule has 0 radical (unpaired) electrons. The summed E-state index contributed by atoms with van der Waals surface area (Å²) in [6, 6.07) is 8.65. The molecule has 3 amide bonds. The molecule has 0 spiro atoms. The molecule has 2 aliphatic rings. The number of nitrogens with zero attached hydrogens (tertiary/aromatic N) is 4. The van der Waals surface area contributed by atoms with Crippen LogP contribution in [0.15, 0.2) is 65.0 Å². The molecule has 0 aliphatic carbocycles. The molecule has 14 nitrogen and oxygen atoms in total. The molecule has 4 aromatic rings. The molecule has 2 aromatic carbocycles. The Morgan fingerprint density at radius 1 is 1.23 bits per heavy atom. The monoisotopic (exact) mass is 654 g/mol. The van der Waals surface area contributed by atoms with Crippen LogP contribution in [0.25, 0.3) is 11.0 Å². The number of amides is 3. The van der Waals surface area contributed by atoms with Gasteiger partial charge in [-0.1, -0.05) is 41.6 Å². The number of carbonyl (C=O) groups is 4. The summed E-state index contributed by atoms with van der Waals surface area (Å²) in [5.74, 6) is -3.25. The number of para-hydroxylation sites is 2. The number of aliphatic carboxylic acids is 1. The number of phenolic OH excluding ortho intramolecular Hbond substituents is 1. The molecule has 2 aromatic heterocycles. The van der Waals surface area contributed by atoms with E-state index in [0.29, 0.717) is 27.4 Å². The zero-order chi connectivity index (χ0) is 31.1. The molecule has 17 heteroatoms. The van der Waals surface area contributed by atoms with Crippen LogP contribution >= 0.6 is 35.1 Å². The summed E-state index contributed by atoms with van der Waals surface area (Å²) in [6.07, 6.45) is 1.52. The van der Waals surface area contributed by atoms with Crippen LogP contribution in [0.3, 0.4) is 0 Å². The fourth-order valence-electron chi connectivity index (χ4n) is 4.95. The van der Waals surface area contributed by atoms with Crippen molar-refractivity contribution in [3.63, 3.8) is 0 Å². The van der Waals surface area contributed by atoms with Crippen LogP contribution in [-0.4, -0.2) is 86.6 Å². The van der Waals surface area contributed by atoms with Crippen LogP contribution in [-0.2, 0) is 14.4 Å². The second kappa shape index (κ2) is 11.9. The lowest BCUT2D eigenvalue weighted by atomic mass is 10.00. The summed E-state index contributed by atoms with van der Waals surface area (Å²) in [7, 11) is 0. The van der Waals surface area contributed by atoms with Gasteiger partial charge in [0.25, 0.3) is 11.8 Å². The van der Waals surface area contributed by atoms with Gasteiger partial charge in [-0.3, -0.25) is 19.3 Å². The molecule has 44 heavy (non-hydrogen) atoms. The van der Waals surface area contributed by atoms with Gasteiger partial charge in [-0.2, -0.15) is 10.3 Å². The quantitative estimate of drug-likeness (QED) is 0.114. The lowest BCUT2D eigenvalue weighted by molar-refractivity contribution is -0.151. The predicted molar refractivity (Wildman–Crippen MR) is 161 cm³/mol. The number of benzene rings is 2. The first-order chi connectivity index (χ1) is 21.1. The highest BCUT2D eigenvalue weighted by atomic mass is 35.5. The maximum Gasteiger partial charge on any atom is 0.352 e. The van der Waals surface area contributed by atoms with Gasteiger partial charge in [0.05, 0.1) is 22.3 Å². The third kappa shape index (κ3) is 5.46. The van der Waals surface area contributed by atoms with E-state index in [1.54, 1.807) is 24.3 Å². The lowest BCUT2D eigenvalue weighted by Gasteiger charge is -2.50. The molecule has 226 valence electrons. The third-order valence-corrected chi connectivity index (χ3v) is 9.81. The van der Waals surface area contributed by atoms with E-state index in [9.17, 15) is 29.4 Å². The number of nitrogens with one attached hydrogen (secondary N) is 4. The topological polar surface area (TPSA) is 206 Å². The Hall–Kier alpha value is -4.54. The summed E-state index contributed by atoms with van der Waals surface area (Å²) in [6.45, 7) is 1.82. The number of H-pyrrole nitrogens is 2. The average molecular weight is 655 g/mol. The fraction of sp³-hybridized carbons (Fsp3) is 0.222. The van der Waals surface area contributed by atoms with Gasteiger partial charge in [-0.25, -0.2) is 9.78 Å². The molecule has 0 saturated carbocycles. The van der Waals surface area contributed by atoms with Crippen molar-refractivity contribution < 1.29 is 29.4 Å². The minimum Gasteiger partial charge on any atom is -0.506 e. The standard InChI is InChI=1S/C27H23ClN8O6S2/c1-11(44-18-9-29-35-34-18)13-10-43-26-20(25(40)36(26)21(13)27(41)42)33-23(38)19(12-6-7-17(37)14(28)8-12)32-24(39)22-30-15-4-2-3-5-16(15)31-22/h2-9,11,19-20,26,37H,10H2,1H3,(H,30,31)(H,32,39)(H,33,38)(H,41,42)(H,29,34,35)/t11?,19?,20?,26-/m0/s1. The van der Waals surface area contributed by atoms with Crippen LogP contribution in [0, 0.1) is 0 Å². The lowest BCUT2D eigenvalue weighted by Crippen LogP contribution is -2.71. The second-order valence-corrected chi connectivity index (χ2v) is 12.7. The number of aromatic hydroxyl groups is 1. The highest BCUT2D eigenvalue weighted by Crippen LogP contribution is 2.43. The summed E-state index contributed by atoms with van der Waals surface area (Å²) < 4.78 is 0. The van der Waals surface area contributed by atoms with Crippen molar-refractivity contribution in [2.24, 2.45) is 0 Å². The molecule has 6 N–H and O–H groups in total. The molecule has 1 fully saturated rings. The van der Waals surface area contributed by atoms with Crippen LogP contribution in [0.1, 0.15) is 29.1 Å². The second-order valence-electron chi connectivity index (χ2n) is 9.86. The maximum atomic E-state index is 13.7. The smallest absolute Gasteiger partial charge is 0.352 e. The van der Waals surface area contributed by atoms with Crippen molar-refractivity contribution in [3.8, 4) is 5.75 Å². The highest BCUT2D eigenvalue weighted by Gasteiger charge is 2.55. The minimum atomic E-state index is -1.34. The number of thioether (sulfide) groups is 2. The maximum absolute atomic E-state index is 13.7. The largest absolute Gasteiger partial charge is 0.506 e. The van der Waals surface area contributed by atoms with Crippen LogP contribution in [0.2, 0.25) is 5.02 Å².